The zero-order valence-corrected chi connectivity index (χ0v) is 11.8. The van der Waals surface area contributed by atoms with Crippen molar-refractivity contribution in [3.8, 4) is 5.75 Å². The fourth-order valence-corrected chi connectivity index (χ4v) is 3.03. The summed E-state index contributed by atoms with van der Waals surface area (Å²) in [5.41, 5.74) is 1.07. The highest BCUT2D eigenvalue weighted by Gasteiger charge is 2.18. The van der Waals surface area contributed by atoms with E-state index < -0.39 is 0 Å². The maximum atomic E-state index is 5.42. The summed E-state index contributed by atoms with van der Waals surface area (Å²) < 4.78 is 5.42. The number of thioether (sulfide) groups is 1. The van der Waals surface area contributed by atoms with Crippen LogP contribution in [-0.2, 0) is 0 Å². The van der Waals surface area contributed by atoms with Crippen LogP contribution in [0.3, 0.4) is 0 Å². The Morgan fingerprint density at radius 1 is 1.33 bits per heavy atom. The standard InChI is InChI=1S/C14H20N2OS/c1-3-5-13-10-15-14(18-13)16-11-6-8-12(9-7-11)17-4-2/h6-9,13H,3-5,10H2,1-2H3,(H,15,16). The molecule has 1 unspecified atom stereocenters. The lowest BCUT2D eigenvalue weighted by molar-refractivity contribution is 0.340. The fraction of sp³-hybridized carbons (Fsp3) is 0.500. The number of benzene rings is 1. The summed E-state index contributed by atoms with van der Waals surface area (Å²) in [5.74, 6) is 0.910. The van der Waals surface area contributed by atoms with Crippen LogP contribution >= 0.6 is 11.8 Å². The first kappa shape index (κ1) is 13.3. The number of ether oxygens (including phenoxy) is 1. The Morgan fingerprint density at radius 2 is 2.11 bits per heavy atom. The number of nitrogens with one attached hydrogen (secondary N) is 1. The van der Waals surface area contributed by atoms with Crippen molar-refractivity contribution < 1.29 is 4.74 Å². The van der Waals surface area contributed by atoms with E-state index in [1.54, 1.807) is 0 Å². The molecule has 1 heterocycles. The van der Waals surface area contributed by atoms with Crippen LogP contribution in [0.2, 0.25) is 0 Å². The van der Waals surface area contributed by atoms with Crippen molar-refractivity contribution in [2.75, 3.05) is 18.5 Å². The van der Waals surface area contributed by atoms with Gasteiger partial charge in [0.05, 0.1) is 13.2 Å². The monoisotopic (exact) mass is 264 g/mol. The van der Waals surface area contributed by atoms with E-state index >= 15 is 0 Å². The van der Waals surface area contributed by atoms with Crippen molar-refractivity contribution in [3.63, 3.8) is 0 Å². The number of anilines is 1. The predicted octanol–water partition coefficient (Wildman–Crippen LogP) is 3.77. The molecule has 1 aliphatic rings. The Bertz CT molecular complexity index is 403. The summed E-state index contributed by atoms with van der Waals surface area (Å²) in [6.07, 6.45) is 2.46. The number of hydrogen-bond acceptors (Lipinski definition) is 4. The Balaban J connectivity index is 1.86. The quantitative estimate of drug-likeness (QED) is 0.879. The minimum absolute atomic E-state index is 0.653. The SMILES string of the molecule is CCCC1CN=C(Nc2ccc(OCC)cc2)S1. The molecular formula is C14H20N2OS. The van der Waals surface area contributed by atoms with Gasteiger partial charge in [-0.15, -0.1) is 0 Å². The molecule has 18 heavy (non-hydrogen) atoms. The van der Waals surface area contributed by atoms with Crippen LogP contribution in [0.4, 0.5) is 5.69 Å². The van der Waals surface area contributed by atoms with Crippen molar-refractivity contribution in [1.29, 1.82) is 0 Å². The Labute approximate surface area is 113 Å². The van der Waals surface area contributed by atoms with E-state index in [0.29, 0.717) is 11.9 Å². The molecule has 1 N–H and O–H groups in total. The van der Waals surface area contributed by atoms with Gasteiger partial charge in [-0.2, -0.15) is 0 Å². The number of aliphatic imine (C=N–C) groups is 1. The van der Waals surface area contributed by atoms with Gasteiger partial charge in [0.2, 0.25) is 0 Å². The van der Waals surface area contributed by atoms with Gasteiger partial charge in [-0.05, 0) is 37.6 Å². The van der Waals surface area contributed by atoms with E-state index in [0.717, 1.165) is 23.1 Å². The molecule has 1 aromatic carbocycles. The van der Waals surface area contributed by atoms with Gasteiger partial charge in [0.1, 0.15) is 5.75 Å². The molecule has 0 saturated carbocycles. The van der Waals surface area contributed by atoms with Gasteiger partial charge in [-0.1, -0.05) is 25.1 Å². The third kappa shape index (κ3) is 3.67. The van der Waals surface area contributed by atoms with Gasteiger partial charge < -0.3 is 10.1 Å². The largest absolute Gasteiger partial charge is 0.494 e. The maximum Gasteiger partial charge on any atom is 0.161 e. The highest BCUT2D eigenvalue weighted by molar-refractivity contribution is 8.15. The molecule has 0 aliphatic carbocycles. The van der Waals surface area contributed by atoms with Crippen LogP contribution in [0.5, 0.6) is 5.75 Å². The van der Waals surface area contributed by atoms with E-state index in [2.05, 4.69) is 17.2 Å². The first-order chi connectivity index (χ1) is 8.81. The molecule has 1 aromatic rings. The van der Waals surface area contributed by atoms with E-state index in [1.807, 2.05) is 43.0 Å². The average Bonchev–Trinajstić information content (AvgIpc) is 2.80. The number of nitrogens with zero attached hydrogens (tertiary/aromatic N) is 1. The molecule has 98 valence electrons. The average molecular weight is 264 g/mol. The molecule has 2 rings (SSSR count). The van der Waals surface area contributed by atoms with Gasteiger partial charge in [0, 0.05) is 10.9 Å². The number of rotatable bonds is 5. The van der Waals surface area contributed by atoms with Gasteiger partial charge >= 0.3 is 0 Å². The van der Waals surface area contributed by atoms with Crippen molar-refractivity contribution in [2.24, 2.45) is 4.99 Å². The molecule has 1 atom stereocenters. The zero-order valence-electron chi connectivity index (χ0n) is 11.0. The summed E-state index contributed by atoms with van der Waals surface area (Å²) in [6.45, 7) is 5.86. The van der Waals surface area contributed by atoms with E-state index in [9.17, 15) is 0 Å². The second-order valence-corrected chi connectivity index (χ2v) is 5.55. The van der Waals surface area contributed by atoms with Crippen LogP contribution in [-0.4, -0.2) is 23.6 Å². The van der Waals surface area contributed by atoms with E-state index in [1.165, 1.54) is 12.8 Å². The molecule has 0 spiro atoms. The molecule has 0 saturated heterocycles. The molecule has 1 aliphatic heterocycles. The van der Waals surface area contributed by atoms with E-state index in [-0.39, 0.29) is 0 Å². The van der Waals surface area contributed by atoms with Gasteiger partial charge in [0.25, 0.3) is 0 Å². The minimum Gasteiger partial charge on any atom is -0.494 e. The molecule has 0 radical (unpaired) electrons. The highest BCUT2D eigenvalue weighted by Crippen LogP contribution is 2.26. The second-order valence-electron chi connectivity index (χ2n) is 4.26. The summed E-state index contributed by atoms with van der Waals surface area (Å²) in [7, 11) is 0. The van der Waals surface area contributed by atoms with Gasteiger partial charge in [0.15, 0.2) is 5.17 Å². The number of hydrogen-bond donors (Lipinski definition) is 1. The van der Waals surface area contributed by atoms with E-state index in [4.69, 9.17) is 4.74 Å². The van der Waals surface area contributed by atoms with Crippen molar-refractivity contribution >= 4 is 22.6 Å². The normalized spacial score (nSPS) is 18.6. The lowest BCUT2D eigenvalue weighted by Gasteiger charge is -2.08. The van der Waals surface area contributed by atoms with Gasteiger partial charge in [-0.3, -0.25) is 4.99 Å². The van der Waals surface area contributed by atoms with Crippen molar-refractivity contribution in [2.45, 2.75) is 31.9 Å². The first-order valence-electron chi connectivity index (χ1n) is 6.52. The summed E-state index contributed by atoms with van der Waals surface area (Å²) in [5, 5.41) is 5.05. The van der Waals surface area contributed by atoms with Crippen molar-refractivity contribution in [3.05, 3.63) is 24.3 Å². The number of amidine groups is 1. The van der Waals surface area contributed by atoms with Crippen LogP contribution in [0, 0.1) is 0 Å². The highest BCUT2D eigenvalue weighted by atomic mass is 32.2. The molecule has 0 bridgehead atoms. The van der Waals surface area contributed by atoms with Crippen LogP contribution in [0.1, 0.15) is 26.7 Å². The smallest absolute Gasteiger partial charge is 0.161 e. The molecule has 0 fully saturated rings. The predicted molar refractivity (Wildman–Crippen MR) is 79.8 cm³/mol. The Hall–Kier alpha value is -1.16. The van der Waals surface area contributed by atoms with Crippen LogP contribution in [0.15, 0.2) is 29.3 Å². The third-order valence-corrected chi connectivity index (χ3v) is 3.92. The summed E-state index contributed by atoms with van der Waals surface area (Å²) >= 11 is 1.85. The molecular weight excluding hydrogens is 244 g/mol. The Kier molecular flexibility index (Phi) is 4.93. The van der Waals surface area contributed by atoms with Crippen LogP contribution in [0.25, 0.3) is 0 Å². The first-order valence-corrected chi connectivity index (χ1v) is 7.40. The lowest BCUT2D eigenvalue weighted by Crippen LogP contribution is -2.07. The summed E-state index contributed by atoms with van der Waals surface area (Å²) in [6, 6.07) is 8.02. The van der Waals surface area contributed by atoms with Gasteiger partial charge in [-0.25, -0.2) is 0 Å². The zero-order chi connectivity index (χ0) is 12.8. The molecule has 0 amide bonds. The third-order valence-electron chi connectivity index (χ3n) is 2.74. The van der Waals surface area contributed by atoms with Crippen LogP contribution < -0.4 is 10.1 Å². The van der Waals surface area contributed by atoms with Crippen molar-refractivity contribution in [1.82, 2.24) is 0 Å². The second kappa shape index (κ2) is 6.69. The minimum atomic E-state index is 0.653. The fourth-order valence-electron chi connectivity index (χ4n) is 1.88. The topological polar surface area (TPSA) is 33.6 Å². The molecule has 0 aromatic heterocycles. The molecule has 4 heteroatoms. The summed E-state index contributed by atoms with van der Waals surface area (Å²) in [4.78, 5) is 4.53. The maximum absolute atomic E-state index is 5.42. The molecule has 3 nitrogen and oxygen atoms in total. The Morgan fingerprint density at radius 3 is 2.78 bits per heavy atom. The lowest BCUT2D eigenvalue weighted by atomic mass is 10.2.